The Morgan fingerprint density at radius 2 is 2.20 bits per heavy atom. The molecule has 0 radical (unpaired) electrons. The molecule has 1 saturated heterocycles. The summed E-state index contributed by atoms with van der Waals surface area (Å²) in [5.41, 5.74) is 0. The molecule has 0 aromatic heterocycles. The third kappa shape index (κ3) is 2.12. The average Bonchev–Trinajstić information content (AvgIpc) is 2.17. The highest BCUT2D eigenvalue weighted by atomic mass is 32.2. The van der Waals surface area contributed by atoms with Gasteiger partial charge >= 0.3 is 0 Å². The van der Waals surface area contributed by atoms with Crippen molar-refractivity contribution in [3.8, 4) is 0 Å². The first-order chi connectivity index (χ1) is 7.15. The maximum atomic E-state index is 11.6. The third-order valence-corrected chi connectivity index (χ3v) is 4.70. The molecule has 1 N–H and O–H groups in total. The molecule has 2 fully saturated rings. The van der Waals surface area contributed by atoms with Crippen molar-refractivity contribution in [3.05, 3.63) is 0 Å². The molecule has 84 valence electrons. The van der Waals surface area contributed by atoms with Crippen molar-refractivity contribution < 1.29 is 9.59 Å². The molecule has 0 atom stereocenters. The van der Waals surface area contributed by atoms with E-state index in [-0.39, 0.29) is 29.7 Å². The van der Waals surface area contributed by atoms with E-state index in [2.05, 4.69) is 11.6 Å². The summed E-state index contributed by atoms with van der Waals surface area (Å²) in [4.78, 5) is 24.5. The Morgan fingerprint density at radius 3 is 2.73 bits per heavy atom. The topological polar surface area (TPSA) is 49.4 Å². The van der Waals surface area contributed by atoms with Gasteiger partial charge in [-0.25, -0.2) is 0 Å². The van der Waals surface area contributed by atoms with Crippen LogP contribution >= 0.6 is 11.8 Å². The SMILES string of the molecule is CSC1(CN2CC(=O)NCC2=O)CCC1. The van der Waals surface area contributed by atoms with Gasteiger partial charge in [0.2, 0.25) is 11.8 Å². The van der Waals surface area contributed by atoms with E-state index in [0.29, 0.717) is 0 Å². The van der Waals surface area contributed by atoms with Gasteiger partial charge in [0.1, 0.15) is 0 Å². The molecule has 2 aliphatic rings. The van der Waals surface area contributed by atoms with Gasteiger partial charge in [-0.1, -0.05) is 6.42 Å². The Balaban J connectivity index is 1.97. The predicted octanol–water partition coefficient (Wildman–Crippen LogP) is 0.230. The van der Waals surface area contributed by atoms with Crippen molar-refractivity contribution in [1.82, 2.24) is 10.2 Å². The largest absolute Gasteiger partial charge is 0.345 e. The van der Waals surface area contributed by atoms with Gasteiger partial charge in [-0.2, -0.15) is 11.8 Å². The number of carbonyl (C=O) groups excluding carboxylic acids is 2. The Bertz CT molecular complexity index is 284. The molecule has 0 aromatic rings. The fourth-order valence-electron chi connectivity index (χ4n) is 2.09. The number of amides is 2. The van der Waals surface area contributed by atoms with Crippen LogP contribution in [0, 0.1) is 0 Å². The smallest absolute Gasteiger partial charge is 0.242 e. The lowest BCUT2D eigenvalue weighted by atomic mass is 9.83. The number of piperazine rings is 1. The van der Waals surface area contributed by atoms with Crippen molar-refractivity contribution in [2.24, 2.45) is 0 Å². The Hall–Kier alpha value is -0.710. The van der Waals surface area contributed by atoms with Gasteiger partial charge in [-0.15, -0.1) is 0 Å². The summed E-state index contributed by atoms with van der Waals surface area (Å²) >= 11 is 1.83. The zero-order valence-electron chi connectivity index (χ0n) is 8.91. The first-order valence-electron chi connectivity index (χ1n) is 5.25. The van der Waals surface area contributed by atoms with Gasteiger partial charge in [-0.05, 0) is 19.1 Å². The average molecular weight is 228 g/mol. The van der Waals surface area contributed by atoms with Crippen LogP contribution in [0.3, 0.4) is 0 Å². The third-order valence-electron chi connectivity index (χ3n) is 3.30. The van der Waals surface area contributed by atoms with Crippen LogP contribution in [0.1, 0.15) is 19.3 Å². The van der Waals surface area contributed by atoms with Crippen LogP contribution in [0.2, 0.25) is 0 Å². The second-order valence-electron chi connectivity index (χ2n) is 4.27. The number of hydrogen-bond donors (Lipinski definition) is 1. The molecule has 1 heterocycles. The monoisotopic (exact) mass is 228 g/mol. The first-order valence-corrected chi connectivity index (χ1v) is 6.47. The van der Waals surface area contributed by atoms with Crippen molar-refractivity contribution >= 4 is 23.6 Å². The van der Waals surface area contributed by atoms with Gasteiger partial charge in [0.25, 0.3) is 0 Å². The van der Waals surface area contributed by atoms with Crippen LogP contribution in [-0.2, 0) is 9.59 Å². The number of hydrogen-bond acceptors (Lipinski definition) is 3. The molecular formula is C10H16N2O2S. The first kappa shape index (κ1) is 10.8. The summed E-state index contributed by atoms with van der Waals surface area (Å²) in [6.07, 6.45) is 5.67. The fraction of sp³-hybridized carbons (Fsp3) is 0.800. The summed E-state index contributed by atoms with van der Waals surface area (Å²) in [7, 11) is 0. The summed E-state index contributed by atoms with van der Waals surface area (Å²) in [6, 6.07) is 0. The van der Waals surface area contributed by atoms with Gasteiger partial charge in [-0.3, -0.25) is 9.59 Å². The molecule has 0 aromatic carbocycles. The lowest BCUT2D eigenvalue weighted by molar-refractivity contribution is -0.141. The lowest BCUT2D eigenvalue weighted by Gasteiger charge is -2.44. The van der Waals surface area contributed by atoms with E-state index in [4.69, 9.17) is 0 Å². The summed E-state index contributed by atoms with van der Waals surface area (Å²) < 4.78 is 0.229. The highest BCUT2D eigenvalue weighted by Crippen LogP contribution is 2.43. The zero-order valence-corrected chi connectivity index (χ0v) is 9.73. The van der Waals surface area contributed by atoms with E-state index < -0.39 is 0 Å². The minimum absolute atomic E-state index is 0.0369. The fourth-order valence-corrected chi connectivity index (χ4v) is 3.08. The number of nitrogens with zero attached hydrogens (tertiary/aromatic N) is 1. The molecule has 5 heteroatoms. The molecule has 2 rings (SSSR count). The minimum atomic E-state index is -0.0369. The second-order valence-corrected chi connectivity index (χ2v) is 5.54. The van der Waals surface area contributed by atoms with E-state index in [1.807, 2.05) is 11.8 Å². The highest BCUT2D eigenvalue weighted by molar-refractivity contribution is 8.00. The summed E-state index contributed by atoms with van der Waals surface area (Å²) in [5.74, 6) is 0.0140. The molecule has 0 unspecified atom stereocenters. The minimum Gasteiger partial charge on any atom is -0.345 e. The number of nitrogens with one attached hydrogen (secondary N) is 1. The van der Waals surface area contributed by atoms with E-state index in [9.17, 15) is 9.59 Å². The van der Waals surface area contributed by atoms with Crippen molar-refractivity contribution in [2.75, 3.05) is 25.9 Å². The van der Waals surface area contributed by atoms with Crippen LogP contribution in [0.5, 0.6) is 0 Å². The molecule has 2 amide bonds. The molecule has 1 aliphatic heterocycles. The summed E-state index contributed by atoms with van der Waals surface area (Å²) in [6.45, 7) is 1.14. The molecule has 0 spiro atoms. The predicted molar refractivity (Wildman–Crippen MR) is 59.7 cm³/mol. The van der Waals surface area contributed by atoms with Crippen molar-refractivity contribution in [3.63, 3.8) is 0 Å². The number of carbonyl (C=O) groups is 2. The second kappa shape index (κ2) is 4.04. The number of thioether (sulfide) groups is 1. The van der Waals surface area contributed by atoms with E-state index in [1.54, 1.807) is 4.90 Å². The molecule has 1 saturated carbocycles. The maximum Gasteiger partial charge on any atom is 0.242 e. The van der Waals surface area contributed by atoms with Gasteiger partial charge < -0.3 is 10.2 Å². The van der Waals surface area contributed by atoms with Gasteiger partial charge in [0.15, 0.2) is 0 Å². The van der Waals surface area contributed by atoms with Crippen LogP contribution in [0.15, 0.2) is 0 Å². The lowest BCUT2D eigenvalue weighted by Crippen LogP contribution is -2.56. The van der Waals surface area contributed by atoms with E-state index >= 15 is 0 Å². The molecule has 1 aliphatic carbocycles. The molecular weight excluding hydrogens is 212 g/mol. The molecule has 0 bridgehead atoms. The zero-order chi connectivity index (χ0) is 10.9. The van der Waals surface area contributed by atoms with E-state index in [0.717, 1.165) is 6.54 Å². The summed E-state index contributed by atoms with van der Waals surface area (Å²) in [5, 5.41) is 2.56. The van der Waals surface area contributed by atoms with Crippen molar-refractivity contribution in [1.29, 1.82) is 0 Å². The van der Waals surface area contributed by atoms with Crippen LogP contribution < -0.4 is 5.32 Å². The Labute approximate surface area is 93.8 Å². The quantitative estimate of drug-likeness (QED) is 0.752. The van der Waals surface area contributed by atoms with Crippen LogP contribution in [0.4, 0.5) is 0 Å². The van der Waals surface area contributed by atoms with Gasteiger partial charge in [0, 0.05) is 11.3 Å². The molecule has 15 heavy (non-hydrogen) atoms. The van der Waals surface area contributed by atoms with Gasteiger partial charge in [0.05, 0.1) is 13.1 Å². The van der Waals surface area contributed by atoms with E-state index in [1.165, 1.54) is 19.3 Å². The normalized spacial score (nSPS) is 24.7. The van der Waals surface area contributed by atoms with Crippen LogP contribution in [0.25, 0.3) is 0 Å². The van der Waals surface area contributed by atoms with Crippen molar-refractivity contribution in [2.45, 2.75) is 24.0 Å². The highest BCUT2D eigenvalue weighted by Gasteiger charge is 2.40. The standard InChI is InChI=1S/C10H16N2O2S/c1-15-10(3-2-4-10)7-12-6-8(13)11-5-9(12)14/h2-7H2,1H3,(H,11,13). The Kier molecular flexibility index (Phi) is 2.91. The Morgan fingerprint density at radius 1 is 1.47 bits per heavy atom. The maximum absolute atomic E-state index is 11.6. The molecule has 4 nitrogen and oxygen atoms in total. The number of rotatable bonds is 3. The van der Waals surface area contributed by atoms with Crippen LogP contribution in [-0.4, -0.2) is 47.4 Å².